The smallest absolute Gasteiger partial charge is 0.375 e. The molecule has 11 heteroatoms. The molecule has 3 rings (SSSR count). The second-order valence-electron chi connectivity index (χ2n) is 6.61. The number of hydrogen-bond donors (Lipinski definition) is 1. The number of hydrogen-bond acceptors (Lipinski definition) is 6. The van der Waals surface area contributed by atoms with Crippen molar-refractivity contribution in [3.05, 3.63) is 56.7 Å². The van der Waals surface area contributed by atoms with Gasteiger partial charge < -0.3 is 15.0 Å². The van der Waals surface area contributed by atoms with E-state index in [0.29, 0.717) is 18.2 Å². The van der Waals surface area contributed by atoms with E-state index < -0.39 is 27.4 Å². The molecule has 156 valence electrons. The number of pyridine rings is 1. The summed E-state index contributed by atoms with van der Waals surface area (Å²) in [6, 6.07) is 4.97. The number of aromatic nitrogens is 1. The van der Waals surface area contributed by atoms with Crippen molar-refractivity contribution in [1.82, 2.24) is 4.98 Å². The lowest BCUT2D eigenvalue weighted by molar-refractivity contribution is -0.384. The first-order valence-electron chi connectivity index (χ1n) is 8.75. The van der Waals surface area contributed by atoms with Crippen LogP contribution in [0.2, 0.25) is 5.02 Å². The van der Waals surface area contributed by atoms with E-state index in [1.54, 1.807) is 12.3 Å². The maximum absolute atomic E-state index is 12.9. The number of benzene rings is 1. The summed E-state index contributed by atoms with van der Waals surface area (Å²) in [5, 5.41) is 13.4. The Morgan fingerprint density at radius 2 is 2.17 bits per heavy atom. The minimum Gasteiger partial charge on any atom is -0.375 e. The molecule has 0 bridgehead atoms. The highest BCUT2D eigenvalue weighted by Crippen LogP contribution is 2.40. The first-order chi connectivity index (χ1) is 13.6. The molecule has 1 N–H and O–H groups in total. The summed E-state index contributed by atoms with van der Waals surface area (Å²) in [7, 11) is 0. The molecule has 1 fully saturated rings. The van der Waals surface area contributed by atoms with Crippen molar-refractivity contribution in [3.8, 4) is 0 Å². The Morgan fingerprint density at radius 3 is 2.76 bits per heavy atom. The molecule has 0 spiro atoms. The first kappa shape index (κ1) is 21.1. The normalized spacial score (nSPS) is 17.3. The molecule has 0 amide bonds. The van der Waals surface area contributed by atoms with Crippen molar-refractivity contribution in [2.75, 3.05) is 29.9 Å². The lowest BCUT2D eigenvalue weighted by atomic mass is 10.1. The molecule has 1 saturated heterocycles. The molecule has 1 unspecified atom stereocenters. The Labute approximate surface area is 169 Å². The molecule has 1 aliphatic heterocycles. The number of ether oxygens (including phenoxy) is 1. The molecule has 1 aromatic heterocycles. The molecular weight excluding hydrogens is 413 g/mol. The van der Waals surface area contributed by atoms with Gasteiger partial charge in [-0.05, 0) is 24.6 Å². The number of alkyl halides is 3. The van der Waals surface area contributed by atoms with E-state index in [1.807, 2.05) is 13.0 Å². The van der Waals surface area contributed by atoms with Gasteiger partial charge in [0.1, 0.15) is 11.5 Å². The van der Waals surface area contributed by atoms with E-state index in [4.69, 9.17) is 16.3 Å². The number of anilines is 2. The molecule has 7 nitrogen and oxygen atoms in total. The fourth-order valence-corrected chi connectivity index (χ4v) is 3.27. The molecule has 1 aliphatic rings. The number of morpholine rings is 1. The zero-order valence-electron chi connectivity index (χ0n) is 15.4. The van der Waals surface area contributed by atoms with Gasteiger partial charge in [-0.25, -0.2) is 4.98 Å². The van der Waals surface area contributed by atoms with Crippen LogP contribution in [0.5, 0.6) is 0 Å². The van der Waals surface area contributed by atoms with E-state index in [9.17, 15) is 23.3 Å². The van der Waals surface area contributed by atoms with E-state index in [1.165, 1.54) is 0 Å². The lowest BCUT2D eigenvalue weighted by Crippen LogP contribution is -2.41. The van der Waals surface area contributed by atoms with Gasteiger partial charge in [-0.15, -0.1) is 0 Å². The Kier molecular flexibility index (Phi) is 6.13. The fourth-order valence-electron chi connectivity index (χ4n) is 3.00. The largest absolute Gasteiger partial charge is 0.418 e. The SMILES string of the molecule is CC1CN(c2ccc(CNc3cc(Cl)c(C(F)(F)F)cc3[N+](=O)[O-])cn2)CCO1. The standard InChI is InChI=1S/C18H18ClF3N4O3/c1-11-10-25(4-5-29-11)17-3-2-12(9-24-17)8-23-15-7-14(19)13(18(20,21)22)6-16(15)26(27)28/h2-3,6-7,9,11,23H,4-5,8,10H2,1H3. The highest BCUT2D eigenvalue weighted by molar-refractivity contribution is 6.31. The Hall–Kier alpha value is -2.59. The summed E-state index contributed by atoms with van der Waals surface area (Å²) < 4.78 is 44.3. The average Bonchev–Trinajstić information content (AvgIpc) is 2.65. The van der Waals surface area contributed by atoms with Crippen LogP contribution in [-0.4, -0.2) is 35.7 Å². The van der Waals surface area contributed by atoms with Crippen molar-refractivity contribution < 1.29 is 22.8 Å². The molecule has 0 radical (unpaired) electrons. The lowest BCUT2D eigenvalue weighted by Gasteiger charge is -2.32. The Morgan fingerprint density at radius 1 is 1.41 bits per heavy atom. The summed E-state index contributed by atoms with van der Waals surface area (Å²) in [6.45, 7) is 4.18. The van der Waals surface area contributed by atoms with E-state index in [2.05, 4.69) is 15.2 Å². The van der Waals surface area contributed by atoms with Crippen molar-refractivity contribution in [3.63, 3.8) is 0 Å². The highest BCUT2D eigenvalue weighted by atomic mass is 35.5. The van der Waals surface area contributed by atoms with Crippen LogP contribution in [0, 0.1) is 10.1 Å². The maximum Gasteiger partial charge on any atom is 0.418 e. The molecule has 0 saturated carbocycles. The van der Waals surface area contributed by atoms with Crippen molar-refractivity contribution in [1.29, 1.82) is 0 Å². The second kappa shape index (κ2) is 8.42. The number of rotatable bonds is 5. The van der Waals surface area contributed by atoms with Gasteiger partial charge in [-0.1, -0.05) is 17.7 Å². The maximum atomic E-state index is 12.9. The third kappa shape index (κ3) is 5.07. The summed E-state index contributed by atoms with van der Waals surface area (Å²) in [6.07, 6.45) is -3.06. The number of nitrogens with one attached hydrogen (secondary N) is 1. The summed E-state index contributed by atoms with van der Waals surface area (Å²) in [5.41, 5.74) is -1.34. The van der Waals surface area contributed by atoms with E-state index in [0.717, 1.165) is 25.0 Å². The molecule has 0 aliphatic carbocycles. The average molecular weight is 431 g/mol. The van der Waals surface area contributed by atoms with Gasteiger partial charge in [0, 0.05) is 31.9 Å². The molecular formula is C18H18ClF3N4O3. The van der Waals surface area contributed by atoms with Crippen LogP contribution in [0.1, 0.15) is 18.1 Å². The van der Waals surface area contributed by atoms with Crippen LogP contribution in [0.15, 0.2) is 30.5 Å². The first-order valence-corrected chi connectivity index (χ1v) is 9.13. The van der Waals surface area contributed by atoms with Gasteiger partial charge in [0.15, 0.2) is 0 Å². The van der Waals surface area contributed by atoms with Gasteiger partial charge >= 0.3 is 6.18 Å². The quantitative estimate of drug-likeness (QED) is 0.555. The topological polar surface area (TPSA) is 80.5 Å². The predicted octanol–water partition coefficient (Wildman–Crippen LogP) is 4.50. The van der Waals surface area contributed by atoms with Crippen LogP contribution in [-0.2, 0) is 17.5 Å². The van der Waals surface area contributed by atoms with Crippen LogP contribution in [0.25, 0.3) is 0 Å². The van der Waals surface area contributed by atoms with Crippen LogP contribution in [0.3, 0.4) is 0 Å². The monoisotopic (exact) mass is 430 g/mol. The van der Waals surface area contributed by atoms with Crippen molar-refractivity contribution >= 4 is 28.8 Å². The zero-order chi connectivity index (χ0) is 21.2. The zero-order valence-corrected chi connectivity index (χ0v) is 16.1. The Balaban J connectivity index is 1.74. The number of halogens is 4. The van der Waals surface area contributed by atoms with Crippen LogP contribution < -0.4 is 10.2 Å². The van der Waals surface area contributed by atoms with E-state index >= 15 is 0 Å². The molecule has 1 aromatic carbocycles. The van der Waals surface area contributed by atoms with Crippen molar-refractivity contribution in [2.24, 2.45) is 0 Å². The summed E-state index contributed by atoms with van der Waals surface area (Å²) in [5.74, 6) is 0.785. The van der Waals surface area contributed by atoms with Crippen molar-refractivity contribution in [2.45, 2.75) is 25.7 Å². The van der Waals surface area contributed by atoms with Gasteiger partial charge in [0.2, 0.25) is 0 Å². The molecule has 1 atom stereocenters. The van der Waals surface area contributed by atoms with E-state index in [-0.39, 0.29) is 18.3 Å². The summed E-state index contributed by atoms with van der Waals surface area (Å²) >= 11 is 5.68. The molecule has 29 heavy (non-hydrogen) atoms. The minimum absolute atomic E-state index is 0.0981. The predicted molar refractivity (Wildman–Crippen MR) is 102 cm³/mol. The number of nitro benzene ring substituents is 1. The molecule has 2 heterocycles. The third-order valence-corrected chi connectivity index (χ3v) is 4.76. The number of nitro groups is 1. The second-order valence-corrected chi connectivity index (χ2v) is 7.02. The summed E-state index contributed by atoms with van der Waals surface area (Å²) in [4.78, 5) is 16.8. The van der Waals surface area contributed by atoms with Crippen LogP contribution in [0.4, 0.5) is 30.4 Å². The van der Waals surface area contributed by atoms with Gasteiger partial charge in [0.05, 0.1) is 28.2 Å². The fraction of sp³-hybridized carbons (Fsp3) is 0.389. The highest BCUT2D eigenvalue weighted by Gasteiger charge is 2.36. The number of nitrogens with zero attached hydrogens (tertiary/aromatic N) is 3. The molecule has 2 aromatic rings. The Bertz CT molecular complexity index is 893. The van der Waals surface area contributed by atoms with Gasteiger partial charge in [-0.3, -0.25) is 10.1 Å². The van der Waals surface area contributed by atoms with Gasteiger partial charge in [0.25, 0.3) is 5.69 Å². The third-order valence-electron chi connectivity index (χ3n) is 4.44. The van der Waals surface area contributed by atoms with Gasteiger partial charge in [-0.2, -0.15) is 13.2 Å². The minimum atomic E-state index is -4.78. The van der Waals surface area contributed by atoms with Crippen LogP contribution >= 0.6 is 11.6 Å².